The third-order valence-electron chi connectivity index (χ3n) is 3.04. The Kier molecular flexibility index (Phi) is 3.62. The Morgan fingerprint density at radius 1 is 0.947 bits per heavy atom. The third kappa shape index (κ3) is 2.96. The van der Waals surface area contributed by atoms with Crippen LogP contribution < -0.4 is 5.73 Å². The van der Waals surface area contributed by atoms with E-state index in [9.17, 15) is 13.2 Å². The summed E-state index contributed by atoms with van der Waals surface area (Å²) in [4.78, 5) is 0. The van der Waals surface area contributed by atoms with Crippen LogP contribution in [0.1, 0.15) is 18.1 Å². The van der Waals surface area contributed by atoms with Gasteiger partial charge in [0.15, 0.2) is 11.6 Å². The quantitative estimate of drug-likeness (QED) is 0.902. The van der Waals surface area contributed by atoms with Crippen LogP contribution in [0, 0.1) is 17.5 Å². The summed E-state index contributed by atoms with van der Waals surface area (Å²) in [5, 5.41) is 0. The van der Waals surface area contributed by atoms with Gasteiger partial charge < -0.3 is 5.73 Å². The van der Waals surface area contributed by atoms with Gasteiger partial charge in [0.05, 0.1) is 0 Å². The van der Waals surface area contributed by atoms with Crippen molar-refractivity contribution >= 4 is 0 Å². The van der Waals surface area contributed by atoms with Crippen LogP contribution in [-0.4, -0.2) is 0 Å². The van der Waals surface area contributed by atoms with Gasteiger partial charge in [0.2, 0.25) is 0 Å². The molecular weight excluding hydrogens is 251 g/mol. The molecular formula is C15H14F3N. The summed E-state index contributed by atoms with van der Waals surface area (Å²) in [5.41, 5.74) is 5.98. The number of halogens is 3. The van der Waals surface area contributed by atoms with Gasteiger partial charge in [0.25, 0.3) is 0 Å². The summed E-state index contributed by atoms with van der Waals surface area (Å²) in [6, 6.07) is 9.76. The van der Waals surface area contributed by atoms with E-state index in [1.54, 1.807) is 25.1 Å². The van der Waals surface area contributed by atoms with Crippen molar-refractivity contribution in [3.63, 3.8) is 0 Å². The molecule has 1 unspecified atom stereocenters. The first kappa shape index (κ1) is 13.6. The highest BCUT2D eigenvalue weighted by Gasteiger charge is 2.25. The van der Waals surface area contributed by atoms with Gasteiger partial charge in [0, 0.05) is 11.1 Å². The molecule has 0 radical (unpaired) electrons. The Bertz CT molecular complexity index is 594. The monoisotopic (exact) mass is 265 g/mol. The largest absolute Gasteiger partial charge is 0.321 e. The molecule has 2 aromatic rings. The zero-order valence-electron chi connectivity index (χ0n) is 10.5. The van der Waals surface area contributed by atoms with Crippen molar-refractivity contribution in [1.29, 1.82) is 0 Å². The molecule has 2 rings (SSSR count). The first-order valence-corrected chi connectivity index (χ1v) is 5.88. The molecule has 1 nitrogen and oxygen atoms in total. The van der Waals surface area contributed by atoms with Crippen LogP contribution in [0.4, 0.5) is 13.2 Å². The molecule has 0 amide bonds. The summed E-state index contributed by atoms with van der Waals surface area (Å²) in [5.74, 6) is -2.25. The second-order valence-corrected chi connectivity index (χ2v) is 4.82. The van der Waals surface area contributed by atoms with Crippen LogP contribution in [0.15, 0.2) is 42.5 Å². The molecule has 0 bridgehead atoms. The number of rotatable bonds is 3. The van der Waals surface area contributed by atoms with Crippen LogP contribution in [0.25, 0.3) is 0 Å². The van der Waals surface area contributed by atoms with E-state index in [0.29, 0.717) is 11.1 Å². The molecule has 0 saturated heterocycles. The smallest absolute Gasteiger partial charge is 0.159 e. The van der Waals surface area contributed by atoms with Crippen LogP contribution in [-0.2, 0) is 12.0 Å². The molecule has 0 aliphatic rings. The van der Waals surface area contributed by atoms with Crippen molar-refractivity contribution in [2.45, 2.75) is 18.9 Å². The Morgan fingerprint density at radius 2 is 1.63 bits per heavy atom. The highest BCUT2D eigenvalue weighted by molar-refractivity contribution is 5.29. The van der Waals surface area contributed by atoms with E-state index in [2.05, 4.69) is 0 Å². The van der Waals surface area contributed by atoms with Crippen molar-refractivity contribution in [2.75, 3.05) is 0 Å². The molecule has 1 atom stereocenters. The van der Waals surface area contributed by atoms with E-state index in [4.69, 9.17) is 5.73 Å². The van der Waals surface area contributed by atoms with Crippen LogP contribution in [0.2, 0.25) is 0 Å². The van der Waals surface area contributed by atoms with Gasteiger partial charge in [-0.05, 0) is 37.1 Å². The molecule has 0 aliphatic carbocycles. The first-order valence-electron chi connectivity index (χ1n) is 5.88. The lowest BCUT2D eigenvalue weighted by atomic mass is 9.86. The van der Waals surface area contributed by atoms with E-state index in [-0.39, 0.29) is 6.42 Å². The minimum Gasteiger partial charge on any atom is -0.321 e. The molecule has 0 fully saturated rings. The van der Waals surface area contributed by atoms with Gasteiger partial charge in [-0.3, -0.25) is 0 Å². The van der Waals surface area contributed by atoms with Crippen LogP contribution >= 0.6 is 0 Å². The predicted molar refractivity (Wildman–Crippen MR) is 68.0 cm³/mol. The molecule has 4 heteroatoms. The van der Waals surface area contributed by atoms with Crippen molar-refractivity contribution in [1.82, 2.24) is 0 Å². The summed E-state index contributed by atoms with van der Waals surface area (Å²) in [6.45, 7) is 1.66. The Labute approximate surface area is 109 Å². The van der Waals surface area contributed by atoms with Crippen LogP contribution in [0.3, 0.4) is 0 Å². The van der Waals surface area contributed by atoms with Gasteiger partial charge in [-0.1, -0.05) is 24.3 Å². The summed E-state index contributed by atoms with van der Waals surface area (Å²) < 4.78 is 39.7. The SMILES string of the molecule is CC(N)(Cc1ccc(F)c(F)c1)c1ccccc1F. The van der Waals surface area contributed by atoms with E-state index in [1.165, 1.54) is 12.1 Å². The van der Waals surface area contributed by atoms with Crippen molar-refractivity contribution in [3.8, 4) is 0 Å². The maximum Gasteiger partial charge on any atom is 0.159 e. The van der Waals surface area contributed by atoms with Crippen molar-refractivity contribution < 1.29 is 13.2 Å². The van der Waals surface area contributed by atoms with Crippen molar-refractivity contribution in [3.05, 3.63) is 71.0 Å². The fraction of sp³-hybridized carbons (Fsp3) is 0.200. The van der Waals surface area contributed by atoms with Gasteiger partial charge in [0.1, 0.15) is 5.82 Å². The minimum absolute atomic E-state index is 0.213. The second kappa shape index (κ2) is 5.05. The molecule has 0 heterocycles. The molecule has 2 aromatic carbocycles. The predicted octanol–water partition coefficient (Wildman–Crippen LogP) is 3.52. The Hall–Kier alpha value is -1.81. The van der Waals surface area contributed by atoms with E-state index < -0.39 is 23.0 Å². The molecule has 0 spiro atoms. The molecule has 100 valence electrons. The second-order valence-electron chi connectivity index (χ2n) is 4.82. The van der Waals surface area contributed by atoms with Crippen molar-refractivity contribution in [2.24, 2.45) is 5.73 Å². The lowest BCUT2D eigenvalue weighted by Crippen LogP contribution is -2.36. The molecule has 0 aromatic heterocycles. The normalized spacial score (nSPS) is 14.2. The van der Waals surface area contributed by atoms with E-state index >= 15 is 0 Å². The zero-order chi connectivity index (χ0) is 14.0. The summed E-state index contributed by atoms with van der Waals surface area (Å²) >= 11 is 0. The third-order valence-corrected chi connectivity index (χ3v) is 3.04. The van der Waals surface area contributed by atoms with Gasteiger partial charge in [-0.2, -0.15) is 0 Å². The standard InChI is InChI=1S/C15H14F3N/c1-15(19,11-4-2-3-5-12(11)16)9-10-6-7-13(17)14(18)8-10/h2-8H,9,19H2,1H3. The average Bonchev–Trinajstić information content (AvgIpc) is 2.34. The Balaban J connectivity index is 2.31. The zero-order valence-corrected chi connectivity index (χ0v) is 10.5. The van der Waals surface area contributed by atoms with E-state index in [0.717, 1.165) is 12.1 Å². The topological polar surface area (TPSA) is 26.0 Å². The summed E-state index contributed by atoms with van der Waals surface area (Å²) in [6.07, 6.45) is 0.213. The highest BCUT2D eigenvalue weighted by Crippen LogP contribution is 2.25. The average molecular weight is 265 g/mol. The Morgan fingerprint density at radius 3 is 2.26 bits per heavy atom. The molecule has 2 N–H and O–H groups in total. The van der Waals surface area contributed by atoms with E-state index in [1.807, 2.05) is 0 Å². The number of hydrogen-bond acceptors (Lipinski definition) is 1. The fourth-order valence-electron chi connectivity index (χ4n) is 2.09. The number of nitrogens with two attached hydrogens (primary N) is 1. The fourth-order valence-corrected chi connectivity index (χ4v) is 2.09. The molecule has 19 heavy (non-hydrogen) atoms. The lowest BCUT2D eigenvalue weighted by molar-refractivity contribution is 0.453. The molecule has 0 saturated carbocycles. The first-order chi connectivity index (χ1) is 8.90. The number of hydrogen-bond donors (Lipinski definition) is 1. The highest BCUT2D eigenvalue weighted by atomic mass is 19.2. The number of benzene rings is 2. The van der Waals surface area contributed by atoms with Gasteiger partial charge in [-0.25, -0.2) is 13.2 Å². The van der Waals surface area contributed by atoms with Gasteiger partial charge >= 0.3 is 0 Å². The summed E-state index contributed by atoms with van der Waals surface area (Å²) in [7, 11) is 0. The maximum atomic E-state index is 13.7. The van der Waals surface area contributed by atoms with Crippen LogP contribution in [0.5, 0.6) is 0 Å². The molecule has 0 aliphatic heterocycles. The minimum atomic E-state index is -0.990. The lowest BCUT2D eigenvalue weighted by Gasteiger charge is -2.26. The maximum absolute atomic E-state index is 13.7. The van der Waals surface area contributed by atoms with Gasteiger partial charge in [-0.15, -0.1) is 0 Å².